The number of para-hydroxylation sites is 1. The molecule has 0 aromatic heterocycles. The van der Waals surface area contributed by atoms with E-state index in [0.717, 1.165) is 19.4 Å². The lowest BCUT2D eigenvalue weighted by Gasteiger charge is -2.14. The van der Waals surface area contributed by atoms with Crippen molar-refractivity contribution >= 4 is 29.1 Å². The van der Waals surface area contributed by atoms with E-state index in [1.54, 1.807) is 24.3 Å². The molecule has 2 N–H and O–H groups in total. The van der Waals surface area contributed by atoms with Gasteiger partial charge in [-0.05, 0) is 43.2 Å². The van der Waals surface area contributed by atoms with Gasteiger partial charge in [-0.25, -0.2) is 0 Å². The second kappa shape index (κ2) is 9.39. The summed E-state index contributed by atoms with van der Waals surface area (Å²) in [6.07, 6.45) is 2.03. The number of carbonyl (C=O) groups excluding carboxylic acids is 2. The fourth-order valence-corrected chi connectivity index (χ4v) is 2.92. The first-order chi connectivity index (χ1) is 13.1. The summed E-state index contributed by atoms with van der Waals surface area (Å²) in [5.74, 6) is -0.339. The number of rotatable bonds is 7. The molecule has 2 aromatic rings. The van der Waals surface area contributed by atoms with Gasteiger partial charge in [0.15, 0.2) is 6.61 Å². The SMILES string of the molecule is O=C(COc1ccc(Cl)cc1C(=O)Nc1ccccc1)NCC1CCCO1. The van der Waals surface area contributed by atoms with Crippen molar-refractivity contribution in [3.05, 3.63) is 59.1 Å². The van der Waals surface area contributed by atoms with E-state index in [-0.39, 0.29) is 30.1 Å². The predicted molar refractivity (Wildman–Crippen MR) is 103 cm³/mol. The Bertz CT molecular complexity index is 792. The lowest BCUT2D eigenvalue weighted by molar-refractivity contribution is -0.123. The molecule has 0 radical (unpaired) electrons. The van der Waals surface area contributed by atoms with Crippen molar-refractivity contribution in [3.63, 3.8) is 0 Å². The van der Waals surface area contributed by atoms with Crippen LogP contribution in [0.3, 0.4) is 0 Å². The van der Waals surface area contributed by atoms with Gasteiger partial charge in [0.2, 0.25) is 0 Å². The highest BCUT2D eigenvalue weighted by Crippen LogP contribution is 2.24. The smallest absolute Gasteiger partial charge is 0.259 e. The average Bonchev–Trinajstić information content (AvgIpc) is 3.19. The van der Waals surface area contributed by atoms with Crippen LogP contribution in [0.2, 0.25) is 5.02 Å². The van der Waals surface area contributed by atoms with Crippen LogP contribution in [-0.2, 0) is 9.53 Å². The van der Waals surface area contributed by atoms with Crippen molar-refractivity contribution in [2.75, 3.05) is 25.1 Å². The van der Waals surface area contributed by atoms with Crippen molar-refractivity contribution < 1.29 is 19.1 Å². The summed E-state index contributed by atoms with van der Waals surface area (Å²) >= 11 is 6.02. The lowest BCUT2D eigenvalue weighted by atomic mass is 10.2. The van der Waals surface area contributed by atoms with Crippen LogP contribution < -0.4 is 15.4 Å². The van der Waals surface area contributed by atoms with Gasteiger partial charge in [-0.15, -0.1) is 0 Å². The van der Waals surface area contributed by atoms with E-state index in [1.807, 2.05) is 18.2 Å². The Morgan fingerprint density at radius 1 is 1.19 bits per heavy atom. The van der Waals surface area contributed by atoms with E-state index in [4.69, 9.17) is 21.1 Å². The number of anilines is 1. The minimum atomic E-state index is -0.363. The minimum absolute atomic E-state index is 0.0664. The van der Waals surface area contributed by atoms with E-state index in [2.05, 4.69) is 10.6 Å². The number of hydrogen-bond donors (Lipinski definition) is 2. The maximum atomic E-state index is 12.6. The number of amides is 2. The number of halogens is 1. The lowest BCUT2D eigenvalue weighted by Crippen LogP contribution is -2.35. The molecule has 142 valence electrons. The fourth-order valence-electron chi connectivity index (χ4n) is 2.75. The molecule has 0 bridgehead atoms. The number of hydrogen-bond acceptors (Lipinski definition) is 4. The summed E-state index contributed by atoms with van der Waals surface area (Å²) in [5, 5.41) is 5.97. The van der Waals surface area contributed by atoms with Gasteiger partial charge >= 0.3 is 0 Å². The summed E-state index contributed by atoms with van der Waals surface area (Å²) in [5.41, 5.74) is 0.918. The maximum Gasteiger partial charge on any atom is 0.259 e. The zero-order chi connectivity index (χ0) is 19.1. The molecule has 1 unspecified atom stereocenters. The highest BCUT2D eigenvalue weighted by Gasteiger charge is 2.18. The Labute approximate surface area is 162 Å². The maximum absolute atomic E-state index is 12.6. The zero-order valence-corrected chi connectivity index (χ0v) is 15.5. The van der Waals surface area contributed by atoms with Gasteiger partial charge in [0.1, 0.15) is 5.75 Å². The Balaban J connectivity index is 1.59. The number of carbonyl (C=O) groups is 2. The van der Waals surface area contributed by atoms with Gasteiger partial charge < -0.3 is 20.1 Å². The van der Waals surface area contributed by atoms with E-state index < -0.39 is 0 Å². The van der Waals surface area contributed by atoms with Crippen molar-refractivity contribution in [2.45, 2.75) is 18.9 Å². The first-order valence-electron chi connectivity index (χ1n) is 8.79. The molecule has 1 aliphatic rings. The molecule has 2 aromatic carbocycles. The largest absolute Gasteiger partial charge is 0.483 e. The molecule has 0 saturated carbocycles. The molecule has 3 rings (SSSR count). The molecule has 0 aliphatic carbocycles. The predicted octanol–water partition coefficient (Wildman–Crippen LogP) is 3.27. The molecular formula is C20H21ClN2O4. The third-order valence-corrected chi connectivity index (χ3v) is 4.36. The monoisotopic (exact) mass is 388 g/mol. The molecule has 1 saturated heterocycles. The van der Waals surface area contributed by atoms with E-state index in [0.29, 0.717) is 23.0 Å². The molecule has 27 heavy (non-hydrogen) atoms. The molecule has 1 aliphatic heterocycles. The van der Waals surface area contributed by atoms with E-state index >= 15 is 0 Å². The number of nitrogens with one attached hydrogen (secondary N) is 2. The van der Waals surface area contributed by atoms with Crippen LogP contribution in [-0.4, -0.2) is 37.7 Å². The third-order valence-electron chi connectivity index (χ3n) is 4.13. The van der Waals surface area contributed by atoms with Crippen LogP contribution in [0.25, 0.3) is 0 Å². The first kappa shape index (κ1) is 19.2. The quantitative estimate of drug-likeness (QED) is 0.763. The molecule has 0 spiro atoms. The standard InChI is InChI=1S/C20H21ClN2O4/c21-14-8-9-18(27-13-19(24)22-12-16-7-4-10-26-16)17(11-14)20(25)23-15-5-2-1-3-6-15/h1-3,5-6,8-9,11,16H,4,7,10,12-13H2,(H,22,24)(H,23,25). The highest BCUT2D eigenvalue weighted by atomic mass is 35.5. The highest BCUT2D eigenvalue weighted by molar-refractivity contribution is 6.31. The van der Waals surface area contributed by atoms with Crippen LogP contribution in [0.1, 0.15) is 23.2 Å². The van der Waals surface area contributed by atoms with Gasteiger partial charge in [0, 0.05) is 23.9 Å². The van der Waals surface area contributed by atoms with Crippen LogP contribution in [0.4, 0.5) is 5.69 Å². The number of benzene rings is 2. The Morgan fingerprint density at radius 3 is 2.74 bits per heavy atom. The summed E-state index contributed by atoms with van der Waals surface area (Å²) in [7, 11) is 0. The van der Waals surface area contributed by atoms with E-state index in [1.165, 1.54) is 6.07 Å². The molecule has 1 heterocycles. The van der Waals surface area contributed by atoms with Gasteiger partial charge in [-0.1, -0.05) is 29.8 Å². The van der Waals surface area contributed by atoms with Crippen molar-refractivity contribution in [2.24, 2.45) is 0 Å². The normalized spacial score (nSPS) is 16.0. The van der Waals surface area contributed by atoms with Crippen molar-refractivity contribution in [1.82, 2.24) is 5.32 Å². The van der Waals surface area contributed by atoms with Crippen molar-refractivity contribution in [1.29, 1.82) is 0 Å². The Kier molecular flexibility index (Phi) is 6.68. The fraction of sp³-hybridized carbons (Fsp3) is 0.300. The summed E-state index contributed by atoms with van der Waals surface area (Å²) in [6, 6.07) is 13.8. The van der Waals surface area contributed by atoms with E-state index in [9.17, 15) is 9.59 Å². The van der Waals surface area contributed by atoms with Gasteiger partial charge in [-0.3, -0.25) is 9.59 Å². The molecule has 7 heteroatoms. The zero-order valence-electron chi connectivity index (χ0n) is 14.7. The van der Waals surface area contributed by atoms with Gasteiger partial charge in [-0.2, -0.15) is 0 Å². The minimum Gasteiger partial charge on any atom is -0.483 e. The summed E-state index contributed by atoms with van der Waals surface area (Å²) in [4.78, 5) is 24.6. The van der Waals surface area contributed by atoms with Crippen LogP contribution >= 0.6 is 11.6 Å². The molecule has 2 amide bonds. The second-order valence-corrected chi connectivity index (χ2v) is 6.62. The van der Waals surface area contributed by atoms with Crippen LogP contribution in [0.5, 0.6) is 5.75 Å². The van der Waals surface area contributed by atoms with Crippen LogP contribution in [0.15, 0.2) is 48.5 Å². The second-order valence-electron chi connectivity index (χ2n) is 6.19. The summed E-state index contributed by atoms with van der Waals surface area (Å²) < 4.78 is 11.0. The van der Waals surface area contributed by atoms with Crippen molar-refractivity contribution in [3.8, 4) is 5.75 Å². The Morgan fingerprint density at radius 2 is 2.00 bits per heavy atom. The number of ether oxygens (including phenoxy) is 2. The molecule has 1 fully saturated rings. The average molecular weight is 389 g/mol. The molecule has 6 nitrogen and oxygen atoms in total. The van der Waals surface area contributed by atoms with Gasteiger partial charge in [0.25, 0.3) is 11.8 Å². The molecule has 1 atom stereocenters. The Hall–Kier alpha value is -2.57. The topological polar surface area (TPSA) is 76.7 Å². The van der Waals surface area contributed by atoms with Gasteiger partial charge in [0.05, 0.1) is 11.7 Å². The van der Waals surface area contributed by atoms with Crippen LogP contribution in [0, 0.1) is 0 Å². The summed E-state index contributed by atoms with van der Waals surface area (Å²) in [6.45, 7) is 1.01. The molecular weight excluding hydrogens is 368 g/mol. The first-order valence-corrected chi connectivity index (χ1v) is 9.16. The third kappa shape index (κ3) is 5.70.